The minimum atomic E-state index is -0.955. The van der Waals surface area contributed by atoms with Crippen molar-refractivity contribution < 1.29 is 13.5 Å². The van der Waals surface area contributed by atoms with Crippen molar-refractivity contribution in [3.63, 3.8) is 0 Å². The highest BCUT2D eigenvalue weighted by Crippen LogP contribution is 2.26. The summed E-state index contributed by atoms with van der Waals surface area (Å²) in [5.41, 5.74) is 1.14. The normalized spacial score (nSPS) is 10.4. The van der Waals surface area contributed by atoms with E-state index >= 15 is 0 Å². The van der Waals surface area contributed by atoms with E-state index in [2.05, 4.69) is 4.98 Å². The van der Waals surface area contributed by atoms with E-state index in [1.54, 1.807) is 25.1 Å². The number of pyridine rings is 1. The predicted octanol–water partition coefficient (Wildman–Crippen LogP) is 4.20. The van der Waals surface area contributed by atoms with E-state index in [0.717, 1.165) is 12.1 Å². The second-order valence-corrected chi connectivity index (χ2v) is 4.00. The monoisotopic (exact) mass is 269 g/mol. The Morgan fingerprint density at radius 3 is 2.67 bits per heavy atom. The first-order valence-corrected chi connectivity index (χ1v) is 5.79. The second kappa shape index (κ2) is 5.31. The summed E-state index contributed by atoms with van der Waals surface area (Å²) in [4.78, 5) is 4.11. The first-order valence-electron chi connectivity index (χ1n) is 5.25. The molecule has 0 saturated carbocycles. The van der Waals surface area contributed by atoms with E-state index in [1.807, 2.05) is 0 Å². The average molecular weight is 270 g/mol. The van der Waals surface area contributed by atoms with E-state index in [-0.39, 0.29) is 11.6 Å². The quantitative estimate of drug-likeness (QED) is 0.779. The summed E-state index contributed by atoms with van der Waals surface area (Å²) in [6.45, 7) is 1.63. The number of aromatic nitrogens is 1. The first-order chi connectivity index (χ1) is 8.60. The number of ether oxygens (including phenoxy) is 1. The van der Waals surface area contributed by atoms with Crippen LogP contribution in [0.25, 0.3) is 0 Å². The molecule has 2 aromatic rings. The van der Waals surface area contributed by atoms with Gasteiger partial charge in [-0.05, 0) is 24.6 Å². The third kappa shape index (κ3) is 2.76. The van der Waals surface area contributed by atoms with Gasteiger partial charge in [-0.25, -0.2) is 13.8 Å². The predicted molar refractivity (Wildman–Crippen MR) is 65.0 cm³/mol. The van der Waals surface area contributed by atoms with Crippen molar-refractivity contribution in [1.82, 2.24) is 4.98 Å². The first kappa shape index (κ1) is 12.8. The van der Waals surface area contributed by atoms with Crippen molar-refractivity contribution >= 4 is 11.6 Å². The number of alkyl halides is 1. The largest absolute Gasteiger partial charge is 0.439 e. The fraction of sp³-hybridized carbons (Fsp3) is 0.154. The molecule has 0 amide bonds. The maximum absolute atomic E-state index is 13.1. The molecule has 0 fully saturated rings. The second-order valence-electron chi connectivity index (χ2n) is 3.73. The van der Waals surface area contributed by atoms with Crippen LogP contribution in [-0.2, 0) is 5.88 Å². The molecule has 0 atom stereocenters. The zero-order chi connectivity index (χ0) is 13.1. The number of benzene rings is 1. The molecule has 0 spiro atoms. The number of rotatable bonds is 3. The number of halogens is 3. The molecule has 2 rings (SSSR count). The maximum atomic E-state index is 13.1. The van der Waals surface area contributed by atoms with Crippen LogP contribution < -0.4 is 4.74 Å². The molecular formula is C13H10ClF2NO. The molecule has 1 aromatic carbocycles. The molecule has 1 aromatic heterocycles. The molecule has 18 heavy (non-hydrogen) atoms. The number of hydrogen-bond acceptors (Lipinski definition) is 2. The molecule has 0 aliphatic carbocycles. The van der Waals surface area contributed by atoms with Gasteiger partial charge in [0.15, 0.2) is 11.6 Å². The lowest BCUT2D eigenvalue weighted by Gasteiger charge is -2.09. The number of aryl methyl sites for hydroxylation is 1. The van der Waals surface area contributed by atoms with Gasteiger partial charge in [0.05, 0.1) is 11.6 Å². The summed E-state index contributed by atoms with van der Waals surface area (Å²) < 4.78 is 31.5. The fourth-order valence-electron chi connectivity index (χ4n) is 1.44. The highest BCUT2D eigenvalue weighted by atomic mass is 35.5. The minimum absolute atomic E-state index is 0.230. The molecular weight excluding hydrogens is 260 g/mol. The van der Waals surface area contributed by atoms with Crippen molar-refractivity contribution in [2.24, 2.45) is 0 Å². The summed E-state index contributed by atoms with van der Waals surface area (Å²) in [6, 6.07) is 7.18. The maximum Gasteiger partial charge on any atom is 0.219 e. The van der Waals surface area contributed by atoms with Crippen LogP contribution >= 0.6 is 11.6 Å². The number of nitrogens with zero attached hydrogens (tertiary/aromatic N) is 1. The van der Waals surface area contributed by atoms with Crippen LogP contribution in [0.5, 0.6) is 11.6 Å². The van der Waals surface area contributed by atoms with Crippen molar-refractivity contribution in [3.8, 4) is 11.6 Å². The van der Waals surface area contributed by atoms with Crippen LogP contribution in [-0.4, -0.2) is 4.98 Å². The fourth-order valence-corrected chi connectivity index (χ4v) is 1.59. The molecule has 0 aliphatic rings. The standard InChI is InChI=1S/C13H10ClF2NO/c1-8-5-10(15)11(16)6-12(8)18-13-4-2-3-9(7-14)17-13/h2-6H,7H2,1H3. The van der Waals surface area contributed by atoms with Crippen molar-refractivity contribution in [2.75, 3.05) is 0 Å². The van der Waals surface area contributed by atoms with Gasteiger partial charge in [0.25, 0.3) is 0 Å². The zero-order valence-corrected chi connectivity index (χ0v) is 10.3. The van der Waals surface area contributed by atoms with Crippen molar-refractivity contribution in [3.05, 3.63) is 53.2 Å². The van der Waals surface area contributed by atoms with Gasteiger partial charge < -0.3 is 4.74 Å². The smallest absolute Gasteiger partial charge is 0.219 e. The van der Waals surface area contributed by atoms with Crippen LogP contribution in [0.15, 0.2) is 30.3 Å². The van der Waals surface area contributed by atoms with Crippen LogP contribution in [0.2, 0.25) is 0 Å². The van der Waals surface area contributed by atoms with Gasteiger partial charge in [-0.15, -0.1) is 11.6 Å². The molecule has 5 heteroatoms. The molecule has 0 radical (unpaired) electrons. The highest BCUT2D eigenvalue weighted by Gasteiger charge is 2.09. The van der Waals surface area contributed by atoms with Gasteiger partial charge in [0.1, 0.15) is 5.75 Å². The summed E-state index contributed by atoms with van der Waals surface area (Å²) in [6.07, 6.45) is 0. The SMILES string of the molecule is Cc1cc(F)c(F)cc1Oc1cccc(CCl)n1. The van der Waals surface area contributed by atoms with E-state index in [9.17, 15) is 8.78 Å². The third-order valence-corrected chi connectivity index (χ3v) is 2.62. The lowest BCUT2D eigenvalue weighted by Crippen LogP contribution is -1.95. The molecule has 94 valence electrons. The molecule has 0 bridgehead atoms. The zero-order valence-electron chi connectivity index (χ0n) is 9.58. The Balaban J connectivity index is 2.30. The highest BCUT2D eigenvalue weighted by molar-refractivity contribution is 6.16. The van der Waals surface area contributed by atoms with Gasteiger partial charge in [0, 0.05) is 12.1 Å². The minimum Gasteiger partial charge on any atom is -0.439 e. The summed E-state index contributed by atoms with van der Waals surface area (Å²) in [5.74, 6) is -1.07. The van der Waals surface area contributed by atoms with E-state index in [1.165, 1.54) is 0 Å². The van der Waals surface area contributed by atoms with Gasteiger partial charge in [-0.3, -0.25) is 0 Å². The Morgan fingerprint density at radius 2 is 1.94 bits per heavy atom. The lowest BCUT2D eigenvalue weighted by atomic mass is 10.2. The van der Waals surface area contributed by atoms with E-state index < -0.39 is 11.6 Å². The van der Waals surface area contributed by atoms with E-state index in [4.69, 9.17) is 16.3 Å². The van der Waals surface area contributed by atoms with Crippen LogP contribution in [0.1, 0.15) is 11.3 Å². The Morgan fingerprint density at radius 1 is 1.22 bits per heavy atom. The Labute approximate surface area is 108 Å². The summed E-state index contributed by atoms with van der Waals surface area (Å²) in [5, 5.41) is 0. The topological polar surface area (TPSA) is 22.1 Å². The van der Waals surface area contributed by atoms with Crippen LogP contribution in [0, 0.1) is 18.6 Å². The molecule has 1 heterocycles. The molecule has 0 N–H and O–H groups in total. The third-order valence-electron chi connectivity index (χ3n) is 2.35. The van der Waals surface area contributed by atoms with Gasteiger partial charge in [-0.1, -0.05) is 6.07 Å². The van der Waals surface area contributed by atoms with Gasteiger partial charge >= 0.3 is 0 Å². The Kier molecular flexibility index (Phi) is 3.77. The summed E-state index contributed by atoms with van der Waals surface area (Å²) in [7, 11) is 0. The van der Waals surface area contributed by atoms with E-state index in [0.29, 0.717) is 17.1 Å². The molecule has 0 unspecified atom stereocenters. The Hall–Kier alpha value is -1.68. The number of hydrogen-bond donors (Lipinski definition) is 0. The van der Waals surface area contributed by atoms with Gasteiger partial charge in [0.2, 0.25) is 5.88 Å². The molecule has 2 nitrogen and oxygen atoms in total. The lowest BCUT2D eigenvalue weighted by molar-refractivity contribution is 0.443. The Bertz CT molecular complexity index is 575. The summed E-state index contributed by atoms with van der Waals surface area (Å²) >= 11 is 5.65. The van der Waals surface area contributed by atoms with Crippen LogP contribution in [0.4, 0.5) is 8.78 Å². The van der Waals surface area contributed by atoms with Crippen molar-refractivity contribution in [2.45, 2.75) is 12.8 Å². The van der Waals surface area contributed by atoms with Crippen LogP contribution in [0.3, 0.4) is 0 Å². The molecule has 0 saturated heterocycles. The van der Waals surface area contributed by atoms with Crippen molar-refractivity contribution in [1.29, 1.82) is 0 Å². The molecule has 0 aliphatic heterocycles. The average Bonchev–Trinajstić information content (AvgIpc) is 2.36. The van der Waals surface area contributed by atoms with Gasteiger partial charge in [-0.2, -0.15) is 0 Å².